The Morgan fingerprint density at radius 1 is 1.00 bits per heavy atom. The van der Waals surface area contributed by atoms with E-state index in [0.717, 1.165) is 62.9 Å². The van der Waals surface area contributed by atoms with Gasteiger partial charge in [0.15, 0.2) is 0 Å². The molecule has 2 atom stereocenters. The van der Waals surface area contributed by atoms with Crippen molar-refractivity contribution in [1.29, 1.82) is 0 Å². The third-order valence-electron chi connectivity index (χ3n) is 9.48. The molecule has 0 amide bonds. The van der Waals surface area contributed by atoms with Crippen molar-refractivity contribution in [1.82, 2.24) is 0 Å². The maximum atomic E-state index is 10.1. The Labute approximate surface area is 256 Å². The summed E-state index contributed by atoms with van der Waals surface area (Å²) in [5.41, 5.74) is 7.12. The highest BCUT2D eigenvalue weighted by atomic mass is 79.9. The minimum absolute atomic E-state index is 0.120. The molecule has 0 unspecified atom stereocenters. The molecule has 1 aromatic rings. The Kier molecular flexibility index (Phi) is 11.9. The van der Waals surface area contributed by atoms with Crippen LogP contribution in [0, 0.1) is 20.8 Å². The summed E-state index contributed by atoms with van der Waals surface area (Å²) in [6.07, 6.45) is 13.1. The van der Waals surface area contributed by atoms with Crippen molar-refractivity contribution in [2.45, 2.75) is 162 Å². The molecular weight excluding hydrogens is 576 g/mol. The van der Waals surface area contributed by atoms with Crippen molar-refractivity contribution in [3.05, 3.63) is 45.6 Å². The van der Waals surface area contributed by atoms with E-state index in [4.69, 9.17) is 9.16 Å². The highest BCUT2D eigenvalue weighted by molar-refractivity contribution is 9.09. The normalized spacial score (nSPS) is 19.8. The molecule has 0 bridgehead atoms. The lowest BCUT2D eigenvalue weighted by Gasteiger charge is -2.41. The van der Waals surface area contributed by atoms with Crippen LogP contribution in [0.15, 0.2) is 23.3 Å². The number of hydrogen-bond acceptors (Lipinski definition) is 3. The van der Waals surface area contributed by atoms with Crippen LogP contribution in [0.2, 0.25) is 18.1 Å². The average molecular weight is 636 g/mol. The van der Waals surface area contributed by atoms with Gasteiger partial charge in [0.25, 0.3) is 8.32 Å². The lowest BCUT2D eigenvalue weighted by molar-refractivity contribution is 0.0559. The minimum Gasteiger partial charge on any atom is -0.543 e. The molecule has 40 heavy (non-hydrogen) atoms. The summed E-state index contributed by atoms with van der Waals surface area (Å²) in [5.74, 6) is 2.20. The molecule has 0 fully saturated rings. The van der Waals surface area contributed by atoms with Gasteiger partial charge in [0.2, 0.25) is 0 Å². The Morgan fingerprint density at radius 2 is 1.57 bits per heavy atom. The summed E-state index contributed by atoms with van der Waals surface area (Å²) < 4.78 is 13.7. The summed E-state index contributed by atoms with van der Waals surface area (Å²) in [4.78, 5) is 0.120. The summed E-state index contributed by atoms with van der Waals surface area (Å²) in [6.45, 7) is 28.7. The van der Waals surface area contributed by atoms with Gasteiger partial charge in [-0.15, -0.1) is 0 Å². The molecule has 1 heterocycles. The molecule has 0 radical (unpaired) electrons. The maximum absolute atomic E-state index is 10.1. The third kappa shape index (κ3) is 9.23. The van der Waals surface area contributed by atoms with E-state index in [2.05, 4.69) is 103 Å². The molecule has 0 aliphatic carbocycles. The van der Waals surface area contributed by atoms with E-state index in [0.29, 0.717) is 0 Å². The van der Waals surface area contributed by atoms with Crippen molar-refractivity contribution < 1.29 is 14.3 Å². The molecule has 0 saturated heterocycles. The van der Waals surface area contributed by atoms with E-state index >= 15 is 0 Å². The molecule has 1 aromatic carbocycles. The van der Waals surface area contributed by atoms with Crippen LogP contribution in [-0.2, 0) is 6.42 Å². The van der Waals surface area contributed by atoms with Crippen LogP contribution in [0.4, 0.5) is 0 Å². The standard InChI is InChI=1S/C35H59BrO3Si/c1-24(16-14-17-25(2)19-20-30(36)34(9,10)37)18-15-22-35(11)23-21-29-28(5)31(26(3)27(4)32(29)38-35)39-40(12,13)33(6,7)8/h17-18,30,37H,14-16,19-23H2,1-13H3/b24-18?,25-17+/t30-,35-/m1/s1. The van der Waals surface area contributed by atoms with E-state index in [9.17, 15) is 5.11 Å². The number of halogens is 1. The smallest absolute Gasteiger partial charge is 0.250 e. The number of aliphatic hydroxyl groups is 1. The molecule has 1 aliphatic rings. The Morgan fingerprint density at radius 3 is 2.15 bits per heavy atom. The molecule has 3 nitrogen and oxygen atoms in total. The number of ether oxygens (including phenoxy) is 1. The first-order valence-corrected chi connectivity index (χ1v) is 19.2. The number of alkyl halides is 1. The highest BCUT2D eigenvalue weighted by Crippen LogP contribution is 2.47. The zero-order valence-corrected chi connectivity index (χ0v) is 30.6. The van der Waals surface area contributed by atoms with E-state index in [1.54, 1.807) is 0 Å². The Balaban J connectivity index is 2.00. The predicted molar refractivity (Wildman–Crippen MR) is 180 cm³/mol. The highest BCUT2D eigenvalue weighted by Gasteiger charge is 2.41. The molecular formula is C35H59BrO3Si. The minimum atomic E-state index is -1.93. The first-order chi connectivity index (χ1) is 18.2. The second kappa shape index (κ2) is 13.5. The van der Waals surface area contributed by atoms with Gasteiger partial charge in [-0.3, -0.25) is 0 Å². The van der Waals surface area contributed by atoms with Gasteiger partial charge in [0, 0.05) is 10.4 Å². The number of rotatable bonds is 12. The van der Waals surface area contributed by atoms with Crippen LogP contribution in [0.1, 0.15) is 123 Å². The lowest BCUT2D eigenvalue weighted by Crippen LogP contribution is -2.44. The first-order valence-electron chi connectivity index (χ1n) is 15.4. The molecule has 0 aromatic heterocycles. The van der Waals surface area contributed by atoms with Crippen LogP contribution in [-0.4, -0.2) is 29.5 Å². The second-order valence-electron chi connectivity index (χ2n) is 14.8. The van der Waals surface area contributed by atoms with E-state index < -0.39 is 13.9 Å². The third-order valence-corrected chi connectivity index (χ3v) is 15.4. The Bertz CT molecular complexity index is 1090. The fourth-order valence-corrected chi connectivity index (χ4v) is 6.45. The van der Waals surface area contributed by atoms with E-state index in [1.165, 1.54) is 33.4 Å². The summed E-state index contributed by atoms with van der Waals surface area (Å²) in [6, 6.07) is 0. The van der Waals surface area contributed by atoms with Crippen LogP contribution in [0.3, 0.4) is 0 Å². The molecule has 1 N–H and O–H groups in total. The summed E-state index contributed by atoms with van der Waals surface area (Å²) in [5, 5.41) is 10.3. The summed E-state index contributed by atoms with van der Waals surface area (Å²) >= 11 is 3.62. The van der Waals surface area contributed by atoms with Gasteiger partial charge in [-0.1, -0.05) is 60.0 Å². The zero-order chi connectivity index (χ0) is 30.7. The number of fused-ring (bicyclic) bond motifs is 1. The summed E-state index contributed by atoms with van der Waals surface area (Å²) in [7, 11) is -1.93. The van der Waals surface area contributed by atoms with Crippen molar-refractivity contribution in [2.24, 2.45) is 0 Å². The second-order valence-corrected chi connectivity index (χ2v) is 20.6. The lowest BCUT2D eigenvalue weighted by atomic mass is 9.85. The van der Waals surface area contributed by atoms with Crippen LogP contribution in [0.5, 0.6) is 11.5 Å². The van der Waals surface area contributed by atoms with Crippen molar-refractivity contribution in [3.8, 4) is 11.5 Å². The maximum Gasteiger partial charge on any atom is 0.250 e. The van der Waals surface area contributed by atoms with Gasteiger partial charge in [0.05, 0.1) is 5.60 Å². The van der Waals surface area contributed by atoms with Crippen LogP contribution in [0.25, 0.3) is 0 Å². The van der Waals surface area contributed by atoms with Gasteiger partial charge in [-0.05, 0) is 142 Å². The van der Waals surface area contributed by atoms with Gasteiger partial charge in [0.1, 0.15) is 17.1 Å². The molecule has 0 saturated carbocycles. The average Bonchev–Trinajstić information content (AvgIpc) is 2.82. The molecule has 1 aliphatic heterocycles. The fourth-order valence-electron chi connectivity index (χ4n) is 5.10. The van der Waals surface area contributed by atoms with Gasteiger partial charge in [-0.2, -0.15) is 0 Å². The topological polar surface area (TPSA) is 38.7 Å². The number of benzene rings is 1. The number of allylic oxidation sites excluding steroid dienone is 4. The van der Waals surface area contributed by atoms with Crippen LogP contribution < -0.4 is 9.16 Å². The molecule has 2 rings (SSSR count). The monoisotopic (exact) mass is 634 g/mol. The fraction of sp³-hybridized carbons (Fsp3) is 0.714. The van der Waals surface area contributed by atoms with Gasteiger partial charge in [-0.25, -0.2) is 0 Å². The van der Waals surface area contributed by atoms with Gasteiger partial charge < -0.3 is 14.3 Å². The predicted octanol–water partition coefficient (Wildman–Crippen LogP) is 10.8. The van der Waals surface area contributed by atoms with E-state index in [-0.39, 0.29) is 15.5 Å². The Hall–Kier alpha value is -1.04. The first kappa shape index (κ1) is 35.2. The molecule has 0 spiro atoms. The van der Waals surface area contributed by atoms with Gasteiger partial charge >= 0.3 is 0 Å². The van der Waals surface area contributed by atoms with E-state index in [1.807, 2.05) is 13.8 Å². The molecule has 228 valence electrons. The van der Waals surface area contributed by atoms with Crippen molar-refractivity contribution in [3.63, 3.8) is 0 Å². The van der Waals surface area contributed by atoms with Crippen LogP contribution >= 0.6 is 15.9 Å². The zero-order valence-electron chi connectivity index (χ0n) is 28.0. The van der Waals surface area contributed by atoms with Crippen molar-refractivity contribution >= 4 is 24.2 Å². The molecule has 5 heteroatoms. The number of hydrogen-bond donors (Lipinski definition) is 1. The van der Waals surface area contributed by atoms with Crippen molar-refractivity contribution in [2.75, 3.05) is 0 Å². The largest absolute Gasteiger partial charge is 0.543 e. The SMILES string of the molecule is CC(=CCC[C@]1(C)CCc2c(C)c(O[Si](C)(C)C(C)(C)C)c(C)c(C)c2O1)CC/C=C(\C)CC[C@@H](Br)C(C)(C)O. The quantitative estimate of drug-likeness (QED) is 0.141.